The molecule has 0 unspecified atom stereocenters. The first-order valence-corrected chi connectivity index (χ1v) is 10.2. The van der Waals surface area contributed by atoms with Crippen LogP contribution in [0.2, 0.25) is 0 Å². The van der Waals surface area contributed by atoms with Crippen molar-refractivity contribution in [2.45, 2.75) is 19.9 Å². The Morgan fingerprint density at radius 1 is 0.968 bits per heavy atom. The second kappa shape index (κ2) is 8.92. The molecule has 0 bridgehead atoms. The Balaban J connectivity index is 1.84. The van der Waals surface area contributed by atoms with Crippen LogP contribution >= 0.6 is 0 Å². The number of benzene rings is 2. The molecule has 5 nitrogen and oxygen atoms in total. The van der Waals surface area contributed by atoms with E-state index in [1.807, 2.05) is 54.1 Å². The van der Waals surface area contributed by atoms with Crippen LogP contribution in [0.5, 0.6) is 0 Å². The molecule has 4 aromatic rings. The van der Waals surface area contributed by atoms with Crippen molar-refractivity contribution in [2.24, 2.45) is 0 Å². The molecule has 0 aliphatic carbocycles. The fraction of sp³-hybridized carbons (Fsp3) is 0.160. The van der Waals surface area contributed by atoms with Gasteiger partial charge in [0.2, 0.25) is 5.91 Å². The molecule has 0 spiro atoms. The number of anilines is 1. The van der Waals surface area contributed by atoms with E-state index in [0.717, 1.165) is 22.3 Å². The SMILES string of the molecule is CCn1nc(-c2ccc(F)cc2)c(-c2ccncc2)c1N(C)C(=O)Cc1ccccc1. The third-order valence-corrected chi connectivity index (χ3v) is 5.20. The van der Waals surface area contributed by atoms with E-state index < -0.39 is 0 Å². The molecular formula is C25H23FN4O. The second-order valence-corrected chi connectivity index (χ2v) is 7.22. The first kappa shape index (κ1) is 20.5. The molecule has 31 heavy (non-hydrogen) atoms. The zero-order chi connectivity index (χ0) is 21.8. The molecule has 1 amide bonds. The van der Waals surface area contributed by atoms with Crippen molar-refractivity contribution in [3.63, 3.8) is 0 Å². The first-order valence-electron chi connectivity index (χ1n) is 10.2. The minimum absolute atomic E-state index is 0.0400. The van der Waals surface area contributed by atoms with E-state index in [-0.39, 0.29) is 18.1 Å². The van der Waals surface area contributed by atoms with Gasteiger partial charge in [0, 0.05) is 31.5 Å². The fourth-order valence-corrected chi connectivity index (χ4v) is 3.62. The van der Waals surface area contributed by atoms with E-state index in [1.165, 1.54) is 12.1 Å². The van der Waals surface area contributed by atoms with Gasteiger partial charge in [-0.25, -0.2) is 9.07 Å². The van der Waals surface area contributed by atoms with E-state index in [1.54, 1.807) is 36.5 Å². The number of nitrogens with zero attached hydrogens (tertiary/aromatic N) is 4. The highest BCUT2D eigenvalue weighted by Crippen LogP contribution is 2.39. The maximum absolute atomic E-state index is 13.5. The lowest BCUT2D eigenvalue weighted by Gasteiger charge is -2.20. The summed E-state index contributed by atoms with van der Waals surface area (Å²) in [5, 5.41) is 4.80. The van der Waals surface area contributed by atoms with E-state index in [2.05, 4.69) is 4.98 Å². The van der Waals surface area contributed by atoms with Gasteiger partial charge in [0.15, 0.2) is 0 Å². The third kappa shape index (κ3) is 4.23. The smallest absolute Gasteiger partial charge is 0.232 e. The van der Waals surface area contributed by atoms with Gasteiger partial charge in [-0.3, -0.25) is 14.7 Å². The molecule has 0 radical (unpaired) electrons. The molecule has 2 heterocycles. The van der Waals surface area contributed by atoms with Crippen LogP contribution in [0, 0.1) is 5.82 Å². The lowest BCUT2D eigenvalue weighted by Crippen LogP contribution is -2.30. The number of rotatable bonds is 6. The van der Waals surface area contributed by atoms with Crippen LogP contribution < -0.4 is 4.90 Å². The summed E-state index contributed by atoms with van der Waals surface area (Å²) in [5.74, 6) is 0.357. The molecular weight excluding hydrogens is 391 g/mol. The zero-order valence-electron chi connectivity index (χ0n) is 17.5. The van der Waals surface area contributed by atoms with Crippen molar-refractivity contribution in [2.75, 3.05) is 11.9 Å². The number of carbonyl (C=O) groups excluding carboxylic acids is 1. The van der Waals surface area contributed by atoms with Crippen LogP contribution in [0.15, 0.2) is 79.1 Å². The minimum Gasteiger partial charge on any atom is -0.299 e. The van der Waals surface area contributed by atoms with Gasteiger partial charge in [-0.1, -0.05) is 30.3 Å². The molecule has 156 valence electrons. The Hall–Kier alpha value is -3.80. The molecule has 6 heteroatoms. The second-order valence-electron chi connectivity index (χ2n) is 7.22. The Kier molecular flexibility index (Phi) is 5.89. The summed E-state index contributed by atoms with van der Waals surface area (Å²) in [6, 6.07) is 19.7. The number of amides is 1. The van der Waals surface area contributed by atoms with Gasteiger partial charge >= 0.3 is 0 Å². The van der Waals surface area contributed by atoms with Crippen LogP contribution in [0.25, 0.3) is 22.4 Å². The number of hydrogen-bond acceptors (Lipinski definition) is 3. The zero-order valence-corrected chi connectivity index (χ0v) is 17.5. The number of likely N-dealkylation sites (N-methyl/N-ethyl adjacent to an activating group) is 1. The molecule has 2 aromatic carbocycles. The minimum atomic E-state index is -0.306. The van der Waals surface area contributed by atoms with Gasteiger partial charge in [-0.05, 0) is 54.4 Å². The van der Waals surface area contributed by atoms with Crippen molar-refractivity contribution in [1.29, 1.82) is 0 Å². The normalized spacial score (nSPS) is 10.8. The summed E-state index contributed by atoms with van der Waals surface area (Å²) >= 11 is 0. The molecule has 2 aromatic heterocycles. The van der Waals surface area contributed by atoms with Crippen molar-refractivity contribution >= 4 is 11.7 Å². The Morgan fingerprint density at radius 2 is 1.65 bits per heavy atom. The largest absolute Gasteiger partial charge is 0.299 e. The van der Waals surface area contributed by atoms with Crippen molar-refractivity contribution in [3.8, 4) is 22.4 Å². The Labute approximate surface area is 180 Å². The van der Waals surface area contributed by atoms with Crippen molar-refractivity contribution < 1.29 is 9.18 Å². The summed E-state index contributed by atoms with van der Waals surface area (Å²) in [6.45, 7) is 2.56. The number of carbonyl (C=O) groups is 1. The summed E-state index contributed by atoms with van der Waals surface area (Å²) in [5.41, 5.74) is 4.14. The maximum atomic E-state index is 13.5. The van der Waals surface area contributed by atoms with E-state index in [4.69, 9.17) is 5.10 Å². The van der Waals surface area contributed by atoms with Gasteiger partial charge in [-0.2, -0.15) is 5.10 Å². The molecule has 0 N–H and O–H groups in total. The van der Waals surface area contributed by atoms with Gasteiger partial charge < -0.3 is 0 Å². The summed E-state index contributed by atoms with van der Waals surface area (Å²) in [6.07, 6.45) is 3.71. The van der Waals surface area contributed by atoms with Gasteiger partial charge in [0.05, 0.1) is 12.0 Å². The molecule has 0 saturated carbocycles. The van der Waals surface area contributed by atoms with Crippen LogP contribution in [0.4, 0.5) is 10.2 Å². The number of halogens is 1. The molecule has 0 aliphatic heterocycles. The average molecular weight is 414 g/mol. The molecule has 0 atom stereocenters. The van der Waals surface area contributed by atoms with Crippen LogP contribution in [-0.4, -0.2) is 27.7 Å². The first-order chi connectivity index (χ1) is 15.1. The summed E-state index contributed by atoms with van der Waals surface area (Å²) in [7, 11) is 1.77. The van der Waals surface area contributed by atoms with Crippen molar-refractivity contribution in [3.05, 3.63) is 90.5 Å². The maximum Gasteiger partial charge on any atom is 0.232 e. The quantitative estimate of drug-likeness (QED) is 0.447. The standard InChI is InChI=1S/C25H23FN4O/c1-3-30-25(29(2)22(31)17-18-7-5-4-6-8-18)23(19-13-15-27-16-14-19)24(28-30)20-9-11-21(26)12-10-20/h4-16H,3,17H2,1-2H3. The van der Waals surface area contributed by atoms with Gasteiger partial charge in [-0.15, -0.1) is 0 Å². The number of aryl methyl sites for hydroxylation is 1. The predicted octanol–water partition coefficient (Wildman–Crippen LogP) is 4.98. The number of aromatic nitrogens is 3. The number of pyridine rings is 1. The van der Waals surface area contributed by atoms with Gasteiger partial charge in [0.25, 0.3) is 0 Å². The van der Waals surface area contributed by atoms with Crippen LogP contribution in [0.3, 0.4) is 0 Å². The number of hydrogen-bond donors (Lipinski definition) is 0. The van der Waals surface area contributed by atoms with E-state index >= 15 is 0 Å². The third-order valence-electron chi connectivity index (χ3n) is 5.20. The monoisotopic (exact) mass is 414 g/mol. The molecule has 4 rings (SSSR count). The van der Waals surface area contributed by atoms with Crippen LogP contribution in [0.1, 0.15) is 12.5 Å². The van der Waals surface area contributed by atoms with Crippen LogP contribution in [-0.2, 0) is 17.8 Å². The summed E-state index contributed by atoms with van der Waals surface area (Å²) in [4.78, 5) is 19.0. The van der Waals surface area contributed by atoms with E-state index in [0.29, 0.717) is 18.1 Å². The predicted molar refractivity (Wildman–Crippen MR) is 120 cm³/mol. The lowest BCUT2D eigenvalue weighted by atomic mass is 10.0. The lowest BCUT2D eigenvalue weighted by molar-refractivity contribution is -0.117. The Morgan fingerprint density at radius 3 is 2.29 bits per heavy atom. The molecule has 0 saturated heterocycles. The van der Waals surface area contributed by atoms with E-state index in [9.17, 15) is 9.18 Å². The topological polar surface area (TPSA) is 51.0 Å². The highest BCUT2D eigenvalue weighted by molar-refractivity contribution is 6.00. The highest BCUT2D eigenvalue weighted by Gasteiger charge is 2.26. The van der Waals surface area contributed by atoms with Gasteiger partial charge in [0.1, 0.15) is 17.3 Å². The molecule has 0 aliphatic rings. The van der Waals surface area contributed by atoms with Crippen molar-refractivity contribution in [1.82, 2.24) is 14.8 Å². The highest BCUT2D eigenvalue weighted by atomic mass is 19.1. The summed E-state index contributed by atoms with van der Waals surface area (Å²) < 4.78 is 15.3. The molecule has 0 fully saturated rings. The Bertz CT molecular complexity index is 1170. The fourth-order valence-electron chi connectivity index (χ4n) is 3.62. The average Bonchev–Trinajstić information content (AvgIpc) is 3.20.